The van der Waals surface area contributed by atoms with Crippen LogP contribution in [0.5, 0.6) is 5.75 Å². The molecule has 1 amide bonds. The number of carbonyl (C=O) groups is 1. The number of nitriles is 1. The molecular weight excluding hydrogens is 368 g/mol. The van der Waals surface area contributed by atoms with Crippen molar-refractivity contribution in [1.82, 2.24) is 5.32 Å². The Morgan fingerprint density at radius 2 is 2.00 bits per heavy atom. The van der Waals surface area contributed by atoms with Crippen LogP contribution in [0.1, 0.15) is 24.1 Å². The number of methoxy groups -OCH3 is 1. The quantitative estimate of drug-likeness (QED) is 0.619. The van der Waals surface area contributed by atoms with Crippen LogP contribution >= 0.6 is 15.9 Å². The number of rotatable bonds is 5. The predicted molar refractivity (Wildman–Crippen MR) is 97.3 cm³/mol. The zero-order valence-corrected chi connectivity index (χ0v) is 15.0. The van der Waals surface area contributed by atoms with E-state index in [9.17, 15) is 10.1 Å². The van der Waals surface area contributed by atoms with Gasteiger partial charge in [0.25, 0.3) is 5.91 Å². The second-order valence-electron chi connectivity index (χ2n) is 5.16. The van der Waals surface area contributed by atoms with Crippen LogP contribution in [-0.2, 0) is 4.79 Å². The summed E-state index contributed by atoms with van der Waals surface area (Å²) < 4.78 is 6.11. The largest absolute Gasteiger partial charge is 0.496 e. The first kappa shape index (κ1) is 17.8. The molecule has 2 aromatic rings. The first-order chi connectivity index (χ1) is 11.5. The van der Waals surface area contributed by atoms with Crippen molar-refractivity contribution >= 4 is 27.9 Å². The fourth-order valence-corrected chi connectivity index (χ4v) is 2.60. The third-order valence-corrected chi connectivity index (χ3v) is 4.00. The molecule has 0 aliphatic heterocycles. The predicted octanol–water partition coefficient (Wildman–Crippen LogP) is 4.24. The molecule has 0 aliphatic carbocycles. The molecule has 0 fully saturated rings. The van der Waals surface area contributed by atoms with Gasteiger partial charge in [-0.15, -0.1) is 0 Å². The summed E-state index contributed by atoms with van der Waals surface area (Å²) in [6.07, 6.45) is 1.52. The van der Waals surface area contributed by atoms with E-state index in [4.69, 9.17) is 4.74 Å². The molecule has 0 bridgehead atoms. The smallest absolute Gasteiger partial charge is 0.262 e. The van der Waals surface area contributed by atoms with Gasteiger partial charge in [0, 0.05) is 10.0 Å². The minimum Gasteiger partial charge on any atom is -0.496 e. The maximum Gasteiger partial charge on any atom is 0.262 e. The maximum atomic E-state index is 12.4. The van der Waals surface area contributed by atoms with Gasteiger partial charge in [-0.2, -0.15) is 5.26 Å². The Bertz CT molecular complexity index is 795. The van der Waals surface area contributed by atoms with Crippen LogP contribution in [0.4, 0.5) is 0 Å². The Labute approximate surface area is 149 Å². The summed E-state index contributed by atoms with van der Waals surface area (Å²) in [6.45, 7) is 1.88. The van der Waals surface area contributed by atoms with Crippen molar-refractivity contribution in [3.05, 3.63) is 69.7 Å². The highest BCUT2D eigenvalue weighted by Gasteiger charge is 2.14. The highest BCUT2D eigenvalue weighted by Crippen LogP contribution is 2.25. The Kier molecular flexibility index (Phi) is 6.16. The number of benzene rings is 2. The zero-order chi connectivity index (χ0) is 17.5. The van der Waals surface area contributed by atoms with Gasteiger partial charge in [-0.1, -0.05) is 46.3 Å². The lowest BCUT2D eigenvalue weighted by Crippen LogP contribution is -2.27. The molecule has 24 heavy (non-hydrogen) atoms. The lowest BCUT2D eigenvalue weighted by molar-refractivity contribution is -0.117. The van der Waals surface area contributed by atoms with E-state index < -0.39 is 5.91 Å². The Balaban J connectivity index is 2.23. The molecule has 2 aromatic carbocycles. The average Bonchev–Trinajstić information content (AvgIpc) is 2.60. The normalized spacial score (nSPS) is 12.2. The molecule has 4 nitrogen and oxygen atoms in total. The average molecular weight is 385 g/mol. The van der Waals surface area contributed by atoms with E-state index in [0.29, 0.717) is 11.3 Å². The van der Waals surface area contributed by atoms with Crippen LogP contribution in [0.3, 0.4) is 0 Å². The Hall–Kier alpha value is -2.58. The molecule has 0 saturated carbocycles. The zero-order valence-electron chi connectivity index (χ0n) is 13.4. The summed E-state index contributed by atoms with van der Waals surface area (Å²) in [4.78, 5) is 12.4. The number of nitrogens with zero attached hydrogens (tertiary/aromatic N) is 1. The van der Waals surface area contributed by atoms with Gasteiger partial charge in [0.05, 0.1) is 13.2 Å². The highest BCUT2D eigenvalue weighted by molar-refractivity contribution is 9.10. The standard InChI is InChI=1S/C19H17BrN2O2/c1-13(14-6-4-3-5-7-14)22-19(23)16(12-21)10-15-11-17(20)8-9-18(15)24-2/h3-11,13H,1-2H3,(H,22,23). The van der Waals surface area contributed by atoms with Crippen LogP contribution < -0.4 is 10.1 Å². The van der Waals surface area contributed by atoms with Crippen LogP contribution in [0.15, 0.2) is 58.6 Å². The van der Waals surface area contributed by atoms with Crippen LogP contribution in [0.25, 0.3) is 6.08 Å². The van der Waals surface area contributed by atoms with Crippen molar-refractivity contribution in [2.45, 2.75) is 13.0 Å². The van der Waals surface area contributed by atoms with Crippen LogP contribution in [0.2, 0.25) is 0 Å². The fourth-order valence-electron chi connectivity index (χ4n) is 2.22. The molecule has 0 saturated heterocycles. The molecule has 0 spiro atoms. The van der Waals surface area contributed by atoms with E-state index in [0.717, 1.165) is 10.0 Å². The molecule has 0 radical (unpaired) electrons. The van der Waals surface area contributed by atoms with Crippen molar-refractivity contribution in [2.75, 3.05) is 7.11 Å². The third kappa shape index (κ3) is 4.46. The van der Waals surface area contributed by atoms with Gasteiger partial charge >= 0.3 is 0 Å². The lowest BCUT2D eigenvalue weighted by Gasteiger charge is -2.14. The number of hydrogen-bond acceptors (Lipinski definition) is 3. The Morgan fingerprint density at radius 3 is 2.62 bits per heavy atom. The SMILES string of the molecule is COc1ccc(Br)cc1C=C(C#N)C(=O)NC(C)c1ccccc1. The highest BCUT2D eigenvalue weighted by atomic mass is 79.9. The third-order valence-electron chi connectivity index (χ3n) is 3.50. The van der Waals surface area contributed by atoms with E-state index in [1.54, 1.807) is 19.2 Å². The summed E-state index contributed by atoms with van der Waals surface area (Å²) in [5.74, 6) is 0.172. The van der Waals surface area contributed by atoms with E-state index in [2.05, 4.69) is 21.2 Å². The van der Waals surface area contributed by atoms with Gasteiger partial charge in [0.2, 0.25) is 0 Å². The van der Waals surface area contributed by atoms with E-state index in [1.807, 2.05) is 49.4 Å². The number of amides is 1. The summed E-state index contributed by atoms with van der Waals surface area (Å²) in [6, 6.07) is 16.8. The topological polar surface area (TPSA) is 62.1 Å². The van der Waals surface area contributed by atoms with Gasteiger partial charge in [-0.05, 0) is 36.8 Å². The van der Waals surface area contributed by atoms with Gasteiger partial charge in [0.1, 0.15) is 17.4 Å². The van der Waals surface area contributed by atoms with Crippen molar-refractivity contribution < 1.29 is 9.53 Å². The summed E-state index contributed by atoms with van der Waals surface area (Å²) in [5, 5.41) is 12.2. The maximum absolute atomic E-state index is 12.4. The molecule has 1 N–H and O–H groups in total. The molecule has 0 heterocycles. The molecule has 5 heteroatoms. The number of carbonyl (C=O) groups excluding carboxylic acids is 1. The van der Waals surface area contributed by atoms with Gasteiger partial charge in [0.15, 0.2) is 0 Å². The van der Waals surface area contributed by atoms with Gasteiger partial charge in [-0.3, -0.25) is 4.79 Å². The molecule has 2 rings (SSSR count). The molecular formula is C19H17BrN2O2. The lowest BCUT2D eigenvalue weighted by atomic mass is 10.1. The van der Waals surface area contributed by atoms with E-state index >= 15 is 0 Å². The Morgan fingerprint density at radius 1 is 1.29 bits per heavy atom. The minimum atomic E-state index is -0.420. The molecule has 1 unspecified atom stereocenters. The number of hydrogen-bond donors (Lipinski definition) is 1. The number of nitrogens with one attached hydrogen (secondary N) is 1. The van der Waals surface area contributed by atoms with Crippen molar-refractivity contribution in [3.63, 3.8) is 0 Å². The van der Waals surface area contributed by atoms with E-state index in [-0.39, 0.29) is 11.6 Å². The van der Waals surface area contributed by atoms with Gasteiger partial charge < -0.3 is 10.1 Å². The second kappa shape index (κ2) is 8.32. The monoisotopic (exact) mass is 384 g/mol. The van der Waals surface area contributed by atoms with Gasteiger partial charge in [-0.25, -0.2) is 0 Å². The first-order valence-electron chi connectivity index (χ1n) is 7.36. The van der Waals surface area contributed by atoms with E-state index in [1.165, 1.54) is 6.08 Å². The minimum absolute atomic E-state index is 0.0224. The summed E-state index contributed by atoms with van der Waals surface area (Å²) in [7, 11) is 1.55. The first-order valence-corrected chi connectivity index (χ1v) is 8.15. The summed E-state index contributed by atoms with van der Waals surface area (Å²) >= 11 is 3.38. The number of ether oxygens (including phenoxy) is 1. The van der Waals surface area contributed by atoms with Crippen molar-refractivity contribution in [1.29, 1.82) is 5.26 Å². The fraction of sp³-hybridized carbons (Fsp3) is 0.158. The molecule has 122 valence electrons. The molecule has 1 atom stereocenters. The van der Waals surface area contributed by atoms with Crippen molar-refractivity contribution in [2.24, 2.45) is 0 Å². The summed E-state index contributed by atoms with van der Waals surface area (Å²) in [5.41, 5.74) is 1.66. The van der Waals surface area contributed by atoms with Crippen LogP contribution in [-0.4, -0.2) is 13.0 Å². The second-order valence-corrected chi connectivity index (χ2v) is 6.08. The van der Waals surface area contributed by atoms with Crippen molar-refractivity contribution in [3.8, 4) is 11.8 Å². The number of halogens is 1. The molecule has 0 aliphatic rings. The molecule has 0 aromatic heterocycles. The van der Waals surface area contributed by atoms with Crippen LogP contribution in [0, 0.1) is 11.3 Å².